The molecule has 1 unspecified atom stereocenters. The highest BCUT2D eigenvalue weighted by Crippen LogP contribution is 2.34. The number of halogens is 2. The van der Waals surface area contributed by atoms with E-state index < -0.39 is 0 Å². The molecule has 0 bridgehead atoms. The van der Waals surface area contributed by atoms with Crippen LogP contribution in [-0.4, -0.2) is 14.8 Å². The maximum absolute atomic E-state index is 13.4. The fourth-order valence-corrected chi connectivity index (χ4v) is 3.53. The van der Waals surface area contributed by atoms with E-state index in [1.54, 1.807) is 12.1 Å². The molecule has 0 saturated heterocycles. The Balaban J connectivity index is 1.61. The molecule has 1 aliphatic heterocycles. The SMILES string of the molecule is Fc1ccc(C2=CC(c3ccccc3)n3nc(-c4ccc(Cl)cc4)nc3N2)cc1. The van der Waals surface area contributed by atoms with Gasteiger partial charge < -0.3 is 5.32 Å². The molecule has 6 heteroatoms. The molecule has 1 atom stereocenters. The van der Waals surface area contributed by atoms with Crippen LogP contribution in [0.1, 0.15) is 17.2 Å². The Morgan fingerprint density at radius 3 is 2.28 bits per heavy atom. The lowest BCUT2D eigenvalue weighted by atomic mass is 10.0. The summed E-state index contributed by atoms with van der Waals surface area (Å²) in [5, 5.41) is 8.75. The summed E-state index contributed by atoms with van der Waals surface area (Å²) in [6.45, 7) is 0. The highest BCUT2D eigenvalue weighted by molar-refractivity contribution is 6.30. The van der Waals surface area contributed by atoms with Gasteiger partial charge in [-0.1, -0.05) is 41.9 Å². The third kappa shape index (κ3) is 3.41. The molecule has 0 aliphatic carbocycles. The van der Waals surface area contributed by atoms with Crippen LogP contribution < -0.4 is 5.32 Å². The van der Waals surface area contributed by atoms with Crippen LogP contribution in [0.25, 0.3) is 17.1 Å². The maximum Gasteiger partial charge on any atom is 0.227 e. The molecule has 1 aliphatic rings. The number of hydrogen-bond donors (Lipinski definition) is 1. The average molecular weight is 403 g/mol. The number of hydrogen-bond acceptors (Lipinski definition) is 3. The number of nitrogens with one attached hydrogen (secondary N) is 1. The molecule has 5 rings (SSSR count). The van der Waals surface area contributed by atoms with Gasteiger partial charge in [-0.05, 0) is 65.7 Å². The van der Waals surface area contributed by atoms with Crippen LogP contribution >= 0.6 is 11.6 Å². The summed E-state index contributed by atoms with van der Waals surface area (Å²) in [6.07, 6.45) is 2.08. The molecule has 29 heavy (non-hydrogen) atoms. The van der Waals surface area contributed by atoms with Crippen molar-refractivity contribution < 1.29 is 4.39 Å². The number of allylic oxidation sites excluding steroid dienone is 1. The highest BCUT2D eigenvalue weighted by Gasteiger charge is 2.25. The fourth-order valence-electron chi connectivity index (χ4n) is 3.40. The standard InChI is InChI=1S/C23H16ClFN4/c24-18-10-6-17(7-11-18)22-27-23-26-20(15-8-12-19(25)13-9-15)14-21(29(23)28-22)16-4-2-1-3-5-16/h1-14,21H,(H,26,27,28). The zero-order valence-corrected chi connectivity index (χ0v) is 16.0. The molecule has 0 amide bonds. The third-order valence-corrected chi connectivity index (χ3v) is 5.12. The molecular formula is C23H16ClFN4. The summed E-state index contributed by atoms with van der Waals surface area (Å²) < 4.78 is 15.2. The minimum atomic E-state index is -0.266. The normalized spacial score (nSPS) is 15.4. The predicted molar refractivity (Wildman–Crippen MR) is 113 cm³/mol. The van der Waals surface area contributed by atoms with Crippen molar-refractivity contribution >= 4 is 23.2 Å². The number of benzene rings is 3. The summed E-state index contributed by atoms with van der Waals surface area (Å²) >= 11 is 6.01. The van der Waals surface area contributed by atoms with Crippen molar-refractivity contribution in [3.8, 4) is 11.4 Å². The Bertz CT molecular complexity index is 1180. The van der Waals surface area contributed by atoms with Gasteiger partial charge in [0.15, 0.2) is 5.82 Å². The summed E-state index contributed by atoms with van der Waals surface area (Å²) in [7, 11) is 0. The molecule has 0 saturated carbocycles. The molecular weight excluding hydrogens is 387 g/mol. The fraction of sp³-hybridized carbons (Fsp3) is 0.0435. The van der Waals surface area contributed by atoms with Gasteiger partial charge in [0.05, 0.1) is 0 Å². The zero-order chi connectivity index (χ0) is 19.8. The molecule has 142 valence electrons. The summed E-state index contributed by atoms with van der Waals surface area (Å²) in [5.74, 6) is 0.974. The Labute approximate surface area is 172 Å². The van der Waals surface area contributed by atoms with Gasteiger partial charge in [0.2, 0.25) is 5.95 Å². The Kier molecular flexibility index (Phi) is 4.37. The topological polar surface area (TPSA) is 42.7 Å². The zero-order valence-electron chi connectivity index (χ0n) is 15.3. The molecule has 1 aromatic heterocycles. The summed E-state index contributed by atoms with van der Waals surface area (Å²) in [6, 6.07) is 23.8. The first-order valence-electron chi connectivity index (χ1n) is 9.19. The Morgan fingerprint density at radius 1 is 0.862 bits per heavy atom. The quantitative estimate of drug-likeness (QED) is 0.471. The largest absolute Gasteiger partial charge is 0.324 e. The van der Waals surface area contributed by atoms with Crippen LogP contribution in [0.15, 0.2) is 84.9 Å². The lowest BCUT2D eigenvalue weighted by Crippen LogP contribution is -2.20. The number of rotatable bonds is 3. The van der Waals surface area contributed by atoms with Gasteiger partial charge >= 0.3 is 0 Å². The second-order valence-electron chi connectivity index (χ2n) is 6.78. The molecule has 4 nitrogen and oxygen atoms in total. The number of aromatic nitrogens is 3. The minimum Gasteiger partial charge on any atom is -0.324 e. The van der Waals surface area contributed by atoms with Crippen LogP contribution in [-0.2, 0) is 0 Å². The monoisotopic (exact) mass is 402 g/mol. The van der Waals surface area contributed by atoms with Crippen molar-refractivity contribution in [1.82, 2.24) is 14.8 Å². The van der Waals surface area contributed by atoms with Crippen molar-refractivity contribution in [2.24, 2.45) is 0 Å². The molecule has 3 aromatic carbocycles. The van der Waals surface area contributed by atoms with Crippen molar-refractivity contribution in [2.75, 3.05) is 5.32 Å². The average Bonchev–Trinajstić information content (AvgIpc) is 3.19. The van der Waals surface area contributed by atoms with Crippen LogP contribution in [0.4, 0.5) is 10.3 Å². The van der Waals surface area contributed by atoms with E-state index in [1.165, 1.54) is 12.1 Å². The van der Waals surface area contributed by atoms with Crippen molar-refractivity contribution in [2.45, 2.75) is 6.04 Å². The van der Waals surface area contributed by atoms with Crippen molar-refractivity contribution in [1.29, 1.82) is 0 Å². The lowest BCUT2D eigenvalue weighted by Gasteiger charge is -2.24. The van der Waals surface area contributed by atoms with E-state index in [-0.39, 0.29) is 11.9 Å². The number of nitrogens with zero attached hydrogens (tertiary/aromatic N) is 3. The lowest BCUT2D eigenvalue weighted by molar-refractivity contribution is 0.613. The van der Waals surface area contributed by atoms with E-state index in [2.05, 4.69) is 23.5 Å². The first kappa shape index (κ1) is 17.6. The van der Waals surface area contributed by atoms with Crippen molar-refractivity contribution in [3.05, 3.63) is 107 Å². The van der Waals surface area contributed by atoms with Gasteiger partial charge in [-0.25, -0.2) is 9.07 Å². The van der Waals surface area contributed by atoms with Crippen LogP contribution in [0.2, 0.25) is 5.02 Å². The smallest absolute Gasteiger partial charge is 0.227 e. The van der Waals surface area contributed by atoms with E-state index in [0.29, 0.717) is 16.8 Å². The van der Waals surface area contributed by atoms with Crippen LogP contribution in [0, 0.1) is 5.82 Å². The molecule has 0 fully saturated rings. The second-order valence-corrected chi connectivity index (χ2v) is 7.21. The van der Waals surface area contributed by atoms with Gasteiger partial charge in [-0.2, -0.15) is 4.98 Å². The Hall–Kier alpha value is -3.44. The van der Waals surface area contributed by atoms with Gasteiger partial charge in [0.1, 0.15) is 11.9 Å². The third-order valence-electron chi connectivity index (χ3n) is 4.86. The van der Waals surface area contributed by atoms with E-state index in [1.807, 2.05) is 47.1 Å². The molecule has 0 radical (unpaired) electrons. The second kappa shape index (κ2) is 7.18. The first-order valence-corrected chi connectivity index (χ1v) is 9.57. The van der Waals surface area contributed by atoms with Gasteiger partial charge in [0.25, 0.3) is 0 Å². The van der Waals surface area contributed by atoms with Crippen molar-refractivity contribution in [3.63, 3.8) is 0 Å². The van der Waals surface area contributed by atoms with E-state index in [9.17, 15) is 4.39 Å². The predicted octanol–water partition coefficient (Wildman–Crippen LogP) is 5.79. The maximum atomic E-state index is 13.4. The van der Waals surface area contributed by atoms with Gasteiger partial charge in [0, 0.05) is 16.3 Å². The molecule has 2 heterocycles. The molecule has 4 aromatic rings. The van der Waals surface area contributed by atoms with E-state index in [4.69, 9.17) is 21.7 Å². The highest BCUT2D eigenvalue weighted by atomic mass is 35.5. The van der Waals surface area contributed by atoms with Crippen LogP contribution in [0.3, 0.4) is 0 Å². The van der Waals surface area contributed by atoms with Gasteiger partial charge in [-0.15, -0.1) is 5.10 Å². The number of anilines is 1. The first-order chi connectivity index (χ1) is 14.2. The number of fused-ring (bicyclic) bond motifs is 1. The van der Waals surface area contributed by atoms with E-state index >= 15 is 0 Å². The summed E-state index contributed by atoms with van der Waals surface area (Å²) in [5.41, 5.74) is 3.71. The van der Waals surface area contributed by atoms with Gasteiger partial charge in [-0.3, -0.25) is 0 Å². The van der Waals surface area contributed by atoms with E-state index in [0.717, 1.165) is 22.4 Å². The molecule has 0 spiro atoms. The Morgan fingerprint density at radius 2 is 1.55 bits per heavy atom. The summed E-state index contributed by atoms with van der Waals surface area (Å²) in [4.78, 5) is 4.70. The van der Waals surface area contributed by atoms with Crippen LogP contribution in [0.5, 0.6) is 0 Å². The molecule has 1 N–H and O–H groups in total. The minimum absolute atomic E-state index is 0.138.